The Morgan fingerprint density at radius 3 is 2.45 bits per heavy atom. The number of hydrogen-bond donors (Lipinski definition) is 0. The second-order valence-corrected chi connectivity index (χ2v) is 6.58. The highest BCUT2D eigenvalue weighted by Gasteiger charge is 2.31. The molecule has 1 aromatic carbocycles. The van der Waals surface area contributed by atoms with Crippen molar-refractivity contribution < 1.29 is 9.13 Å². The van der Waals surface area contributed by atoms with Crippen molar-refractivity contribution in [1.82, 2.24) is 0 Å². The highest BCUT2D eigenvalue weighted by Crippen LogP contribution is 2.42. The second-order valence-electron chi connectivity index (χ2n) is 6.20. The topological polar surface area (TPSA) is 12.5 Å². The highest BCUT2D eigenvalue weighted by atomic mass is 35.5. The fraction of sp³-hybridized carbons (Fsp3) is 0.647. The second kappa shape index (κ2) is 6.03. The molecule has 1 aromatic rings. The highest BCUT2D eigenvalue weighted by molar-refractivity contribution is 6.31. The molecule has 1 aliphatic heterocycles. The van der Waals surface area contributed by atoms with Crippen LogP contribution in [-0.4, -0.2) is 6.61 Å². The smallest absolute Gasteiger partial charge is 0.145 e. The maximum atomic E-state index is 14.5. The molecule has 1 aliphatic carbocycles. The third-order valence-electron chi connectivity index (χ3n) is 4.81. The number of halogens is 2. The zero-order chi connectivity index (χ0) is 14.1. The van der Waals surface area contributed by atoms with Crippen molar-refractivity contribution in [3.05, 3.63) is 34.1 Å². The summed E-state index contributed by atoms with van der Waals surface area (Å²) in [5.41, 5.74) is 1.63. The largest absolute Gasteiger partial charge is 0.368 e. The molecule has 2 fully saturated rings. The Morgan fingerprint density at radius 1 is 1.20 bits per heavy atom. The van der Waals surface area contributed by atoms with Gasteiger partial charge in [-0.2, -0.15) is 0 Å². The third kappa shape index (κ3) is 2.87. The monoisotopic (exact) mass is 296 g/mol. The summed E-state index contributed by atoms with van der Waals surface area (Å²) in [5.74, 6) is 0.974. The van der Waals surface area contributed by atoms with E-state index in [-0.39, 0.29) is 16.9 Å². The summed E-state index contributed by atoms with van der Waals surface area (Å²) in [6.07, 6.45) is 7.23. The Balaban J connectivity index is 1.73. The number of ether oxygens (including phenoxy) is 1. The molecular weight excluding hydrogens is 275 g/mol. The molecule has 20 heavy (non-hydrogen) atoms. The summed E-state index contributed by atoms with van der Waals surface area (Å²) in [4.78, 5) is 0. The molecule has 0 aromatic heterocycles. The van der Waals surface area contributed by atoms with E-state index in [0.29, 0.717) is 12.5 Å². The van der Waals surface area contributed by atoms with Gasteiger partial charge >= 0.3 is 0 Å². The van der Waals surface area contributed by atoms with Crippen molar-refractivity contribution in [2.45, 2.75) is 57.5 Å². The predicted molar refractivity (Wildman–Crippen MR) is 79.7 cm³/mol. The first-order valence-corrected chi connectivity index (χ1v) is 8.17. The van der Waals surface area contributed by atoms with Crippen molar-refractivity contribution in [3.63, 3.8) is 0 Å². The molecule has 1 nitrogen and oxygen atoms in total. The molecule has 1 saturated heterocycles. The lowest BCUT2D eigenvalue weighted by atomic mass is 9.77. The summed E-state index contributed by atoms with van der Waals surface area (Å²) in [6, 6.07) is 3.89. The van der Waals surface area contributed by atoms with E-state index in [1.54, 1.807) is 0 Å². The predicted octanol–water partition coefficient (Wildman–Crippen LogP) is 5.62. The Labute approximate surface area is 125 Å². The number of benzene rings is 1. The molecule has 1 atom stereocenters. The van der Waals surface area contributed by atoms with Crippen LogP contribution in [-0.2, 0) is 4.74 Å². The molecule has 0 spiro atoms. The molecule has 1 saturated carbocycles. The summed E-state index contributed by atoms with van der Waals surface area (Å²) < 4.78 is 19.7. The molecular formula is C17H22ClFO. The van der Waals surface area contributed by atoms with E-state index in [9.17, 15) is 4.39 Å². The van der Waals surface area contributed by atoms with Crippen molar-refractivity contribution in [2.24, 2.45) is 5.92 Å². The first-order valence-electron chi connectivity index (χ1n) is 7.80. The van der Waals surface area contributed by atoms with Gasteiger partial charge < -0.3 is 4.74 Å². The average molecular weight is 297 g/mol. The van der Waals surface area contributed by atoms with Gasteiger partial charge in [0.15, 0.2) is 0 Å². The lowest BCUT2D eigenvalue weighted by Crippen LogP contribution is -2.14. The SMILES string of the molecule is CCCC1CCC(c2ccc(C3CO3)c(Cl)c2F)CC1. The zero-order valence-corrected chi connectivity index (χ0v) is 12.8. The normalized spacial score (nSPS) is 29.4. The Hall–Kier alpha value is -0.600. The van der Waals surface area contributed by atoms with Gasteiger partial charge in [0.1, 0.15) is 11.9 Å². The maximum absolute atomic E-state index is 14.5. The van der Waals surface area contributed by atoms with Crippen molar-refractivity contribution in [2.75, 3.05) is 6.61 Å². The van der Waals surface area contributed by atoms with Gasteiger partial charge in [0.05, 0.1) is 11.6 Å². The summed E-state index contributed by atoms with van der Waals surface area (Å²) in [5, 5.41) is 0.278. The van der Waals surface area contributed by atoms with Gasteiger partial charge in [-0.25, -0.2) is 4.39 Å². The quantitative estimate of drug-likeness (QED) is 0.657. The minimum Gasteiger partial charge on any atom is -0.368 e. The van der Waals surface area contributed by atoms with Crippen LogP contribution in [0.15, 0.2) is 12.1 Å². The molecule has 0 amide bonds. The van der Waals surface area contributed by atoms with Crippen LogP contribution in [0.2, 0.25) is 5.02 Å². The maximum Gasteiger partial charge on any atom is 0.145 e. The van der Waals surface area contributed by atoms with Crippen molar-refractivity contribution >= 4 is 11.6 Å². The third-order valence-corrected chi connectivity index (χ3v) is 5.19. The van der Waals surface area contributed by atoms with Crippen LogP contribution >= 0.6 is 11.6 Å². The summed E-state index contributed by atoms with van der Waals surface area (Å²) in [6.45, 7) is 2.91. The van der Waals surface area contributed by atoms with Gasteiger partial charge in [-0.3, -0.25) is 0 Å². The zero-order valence-electron chi connectivity index (χ0n) is 12.0. The standard InChI is InChI=1S/C17H22ClFO/c1-2-3-11-4-6-12(7-5-11)13-8-9-14(15-10-20-15)16(18)17(13)19/h8-9,11-12,15H,2-7,10H2,1H3. The fourth-order valence-corrected chi connectivity index (χ4v) is 3.84. The van der Waals surface area contributed by atoms with E-state index >= 15 is 0 Å². The van der Waals surface area contributed by atoms with Gasteiger partial charge in [0.25, 0.3) is 0 Å². The molecule has 2 aliphatic rings. The van der Waals surface area contributed by atoms with E-state index in [1.165, 1.54) is 25.7 Å². The molecule has 3 rings (SSSR count). The van der Waals surface area contributed by atoms with Crippen LogP contribution in [0.3, 0.4) is 0 Å². The first-order chi connectivity index (χ1) is 9.70. The van der Waals surface area contributed by atoms with Crippen molar-refractivity contribution in [3.8, 4) is 0 Å². The van der Waals surface area contributed by atoms with Gasteiger partial charge in [0.2, 0.25) is 0 Å². The molecule has 110 valence electrons. The molecule has 0 bridgehead atoms. The van der Waals surface area contributed by atoms with E-state index in [2.05, 4.69) is 6.92 Å². The van der Waals surface area contributed by atoms with Gasteiger partial charge in [-0.05, 0) is 43.1 Å². The number of rotatable bonds is 4. The molecule has 3 heteroatoms. The van der Waals surface area contributed by atoms with E-state index < -0.39 is 0 Å². The molecule has 1 heterocycles. The van der Waals surface area contributed by atoms with Crippen LogP contribution < -0.4 is 0 Å². The van der Waals surface area contributed by atoms with E-state index in [0.717, 1.165) is 29.9 Å². The van der Waals surface area contributed by atoms with Gasteiger partial charge in [0, 0.05) is 5.56 Å². The Bertz CT molecular complexity index is 476. The van der Waals surface area contributed by atoms with Gasteiger partial charge in [-0.1, -0.05) is 43.5 Å². The minimum absolute atomic E-state index is 0.0198. The van der Waals surface area contributed by atoms with E-state index in [4.69, 9.17) is 16.3 Å². The van der Waals surface area contributed by atoms with Crippen molar-refractivity contribution in [1.29, 1.82) is 0 Å². The first kappa shape index (κ1) is 14.3. The molecule has 0 N–H and O–H groups in total. The van der Waals surface area contributed by atoms with E-state index in [1.807, 2.05) is 12.1 Å². The molecule has 0 radical (unpaired) electrons. The molecule has 1 unspecified atom stereocenters. The van der Waals surface area contributed by atoms with Crippen LogP contribution in [0, 0.1) is 11.7 Å². The van der Waals surface area contributed by atoms with Crippen LogP contribution in [0.5, 0.6) is 0 Å². The van der Waals surface area contributed by atoms with Crippen LogP contribution in [0.4, 0.5) is 4.39 Å². The number of epoxide rings is 1. The van der Waals surface area contributed by atoms with Gasteiger partial charge in [-0.15, -0.1) is 0 Å². The Kier molecular flexibility index (Phi) is 4.32. The number of hydrogen-bond acceptors (Lipinski definition) is 1. The fourth-order valence-electron chi connectivity index (χ4n) is 3.54. The average Bonchev–Trinajstić information content (AvgIpc) is 3.28. The Morgan fingerprint density at radius 2 is 1.85 bits per heavy atom. The lowest BCUT2D eigenvalue weighted by molar-refractivity contribution is 0.304. The van der Waals surface area contributed by atoms with Crippen LogP contribution in [0.1, 0.15) is 68.6 Å². The summed E-state index contributed by atoms with van der Waals surface area (Å²) in [7, 11) is 0. The van der Waals surface area contributed by atoms with Crippen LogP contribution in [0.25, 0.3) is 0 Å². The summed E-state index contributed by atoms with van der Waals surface area (Å²) >= 11 is 6.18. The minimum atomic E-state index is -0.210. The lowest BCUT2D eigenvalue weighted by Gasteiger charge is -2.29.